The van der Waals surface area contributed by atoms with Crippen molar-refractivity contribution in [2.24, 2.45) is 5.92 Å². The van der Waals surface area contributed by atoms with Crippen LogP contribution in [-0.4, -0.2) is 30.4 Å². The molecule has 118 valence electrons. The third-order valence-electron chi connectivity index (χ3n) is 3.86. The molecule has 0 fully saturated rings. The summed E-state index contributed by atoms with van der Waals surface area (Å²) in [6, 6.07) is 5.57. The summed E-state index contributed by atoms with van der Waals surface area (Å²) in [6.45, 7) is 7.51. The zero-order valence-corrected chi connectivity index (χ0v) is 14.1. The summed E-state index contributed by atoms with van der Waals surface area (Å²) >= 11 is 5.90. The monoisotopic (exact) mass is 311 g/mol. The summed E-state index contributed by atoms with van der Waals surface area (Å²) in [6.07, 6.45) is 1.29. The molecule has 0 saturated carbocycles. The van der Waals surface area contributed by atoms with Gasteiger partial charge in [-0.3, -0.25) is 4.79 Å². The van der Waals surface area contributed by atoms with Crippen LogP contribution >= 0.6 is 11.6 Å². The highest BCUT2D eigenvalue weighted by Crippen LogP contribution is 2.23. The quantitative estimate of drug-likeness (QED) is 0.756. The second-order valence-corrected chi connectivity index (χ2v) is 6.28. The molecule has 1 aromatic carbocycles. The van der Waals surface area contributed by atoms with Crippen LogP contribution in [0.3, 0.4) is 0 Å². The predicted octanol–water partition coefficient (Wildman–Crippen LogP) is 3.62. The number of hydrogen-bond donors (Lipinski definition) is 2. The lowest BCUT2D eigenvalue weighted by molar-refractivity contribution is -0.116. The summed E-state index contributed by atoms with van der Waals surface area (Å²) < 4.78 is 0. The van der Waals surface area contributed by atoms with Gasteiger partial charge in [0.25, 0.3) is 0 Å². The SMILES string of the molecule is CC(C)C(C)N(C)CCCC(=O)Nc1cc(Cl)ccc1N. The van der Waals surface area contributed by atoms with E-state index in [0.717, 1.165) is 13.0 Å². The number of benzene rings is 1. The van der Waals surface area contributed by atoms with Crippen LogP contribution in [0.1, 0.15) is 33.6 Å². The van der Waals surface area contributed by atoms with Crippen molar-refractivity contribution in [1.29, 1.82) is 0 Å². The first-order valence-corrected chi connectivity index (χ1v) is 7.74. The fraction of sp³-hybridized carbons (Fsp3) is 0.562. The van der Waals surface area contributed by atoms with E-state index >= 15 is 0 Å². The first kappa shape index (κ1) is 17.8. The number of amides is 1. The molecule has 3 N–H and O–H groups in total. The Morgan fingerprint density at radius 2 is 2.05 bits per heavy atom. The van der Waals surface area contributed by atoms with Gasteiger partial charge in [-0.1, -0.05) is 25.4 Å². The zero-order valence-electron chi connectivity index (χ0n) is 13.3. The lowest BCUT2D eigenvalue weighted by Gasteiger charge is -2.27. The summed E-state index contributed by atoms with van der Waals surface area (Å²) in [5.41, 5.74) is 6.91. The molecule has 1 aromatic rings. The summed E-state index contributed by atoms with van der Waals surface area (Å²) in [5, 5.41) is 3.37. The molecule has 0 aliphatic heterocycles. The van der Waals surface area contributed by atoms with E-state index in [0.29, 0.717) is 34.8 Å². The normalized spacial score (nSPS) is 12.7. The third kappa shape index (κ3) is 5.94. The van der Waals surface area contributed by atoms with Crippen LogP contribution in [0.4, 0.5) is 11.4 Å². The van der Waals surface area contributed by atoms with Crippen molar-refractivity contribution in [3.8, 4) is 0 Å². The summed E-state index contributed by atoms with van der Waals surface area (Å²) in [7, 11) is 2.09. The molecule has 1 atom stereocenters. The number of hydrogen-bond acceptors (Lipinski definition) is 3. The molecule has 4 nitrogen and oxygen atoms in total. The van der Waals surface area contributed by atoms with Crippen molar-refractivity contribution < 1.29 is 4.79 Å². The molecule has 1 unspecified atom stereocenters. The van der Waals surface area contributed by atoms with Gasteiger partial charge < -0.3 is 16.0 Å². The van der Waals surface area contributed by atoms with Crippen molar-refractivity contribution in [1.82, 2.24) is 4.90 Å². The van der Waals surface area contributed by atoms with E-state index in [1.165, 1.54) is 0 Å². The van der Waals surface area contributed by atoms with Crippen molar-refractivity contribution >= 4 is 28.9 Å². The molecule has 0 aromatic heterocycles. The van der Waals surface area contributed by atoms with E-state index < -0.39 is 0 Å². The van der Waals surface area contributed by atoms with Crippen LogP contribution in [0.15, 0.2) is 18.2 Å². The van der Waals surface area contributed by atoms with Gasteiger partial charge in [0.2, 0.25) is 5.91 Å². The van der Waals surface area contributed by atoms with Gasteiger partial charge in [0.15, 0.2) is 0 Å². The maximum absolute atomic E-state index is 11.9. The number of rotatable bonds is 7. The van der Waals surface area contributed by atoms with E-state index in [9.17, 15) is 4.79 Å². The molecule has 0 spiro atoms. The molecule has 1 rings (SSSR count). The van der Waals surface area contributed by atoms with Crippen LogP contribution in [0.25, 0.3) is 0 Å². The molecule has 0 saturated heterocycles. The topological polar surface area (TPSA) is 58.4 Å². The van der Waals surface area contributed by atoms with E-state index in [1.807, 2.05) is 0 Å². The highest BCUT2D eigenvalue weighted by atomic mass is 35.5. The largest absolute Gasteiger partial charge is 0.397 e. The van der Waals surface area contributed by atoms with Crippen LogP contribution in [0.5, 0.6) is 0 Å². The van der Waals surface area contributed by atoms with Gasteiger partial charge in [0.05, 0.1) is 11.4 Å². The zero-order chi connectivity index (χ0) is 16.0. The highest BCUT2D eigenvalue weighted by molar-refractivity contribution is 6.31. The number of nitrogens with zero attached hydrogens (tertiary/aromatic N) is 1. The van der Waals surface area contributed by atoms with E-state index in [4.69, 9.17) is 17.3 Å². The molecule has 5 heteroatoms. The van der Waals surface area contributed by atoms with Crippen molar-refractivity contribution in [3.05, 3.63) is 23.2 Å². The van der Waals surface area contributed by atoms with Gasteiger partial charge in [0.1, 0.15) is 0 Å². The smallest absolute Gasteiger partial charge is 0.224 e. The minimum absolute atomic E-state index is 0.0328. The summed E-state index contributed by atoms with van der Waals surface area (Å²) in [5.74, 6) is 0.574. The molecule has 21 heavy (non-hydrogen) atoms. The number of nitrogens with two attached hydrogens (primary N) is 1. The standard InChI is InChI=1S/C16H26ClN3O/c1-11(2)12(3)20(4)9-5-6-16(21)19-15-10-13(17)7-8-14(15)18/h7-8,10-12H,5-6,9,18H2,1-4H3,(H,19,21). The number of nitrogen functional groups attached to an aromatic ring is 1. The number of anilines is 2. The lowest BCUT2D eigenvalue weighted by atomic mass is 10.1. The Kier molecular flexibility index (Phi) is 6.99. The van der Waals surface area contributed by atoms with Crippen LogP contribution in [0.2, 0.25) is 5.02 Å². The summed E-state index contributed by atoms with van der Waals surface area (Å²) in [4.78, 5) is 14.2. The fourth-order valence-corrected chi connectivity index (χ4v) is 2.22. The van der Waals surface area contributed by atoms with Gasteiger partial charge in [-0.25, -0.2) is 0 Å². The minimum atomic E-state index is -0.0328. The molecule has 0 aliphatic rings. The third-order valence-corrected chi connectivity index (χ3v) is 4.10. The molecule has 1 amide bonds. The van der Waals surface area contributed by atoms with Gasteiger partial charge in [-0.2, -0.15) is 0 Å². The number of carbonyl (C=O) groups excluding carboxylic acids is 1. The van der Waals surface area contributed by atoms with Crippen LogP contribution in [0, 0.1) is 5.92 Å². The highest BCUT2D eigenvalue weighted by Gasteiger charge is 2.13. The van der Waals surface area contributed by atoms with Gasteiger partial charge in [-0.05, 0) is 51.1 Å². The Morgan fingerprint density at radius 1 is 1.38 bits per heavy atom. The number of nitrogens with one attached hydrogen (secondary N) is 1. The Balaban J connectivity index is 2.39. The van der Waals surface area contributed by atoms with Crippen molar-refractivity contribution in [3.63, 3.8) is 0 Å². The average Bonchev–Trinajstić information content (AvgIpc) is 2.41. The molecular weight excluding hydrogens is 286 g/mol. The molecule has 0 heterocycles. The first-order valence-electron chi connectivity index (χ1n) is 7.36. The predicted molar refractivity (Wildman–Crippen MR) is 90.7 cm³/mol. The van der Waals surface area contributed by atoms with Crippen LogP contribution in [-0.2, 0) is 4.79 Å². The lowest BCUT2D eigenvalue weighted by Crippen LogP contribution is -2.34. The number of halogens is 1. The Hall–Kier alpha value is -1.26. The van der Waals surface area contributed by atoms with Gasteiger partial charge in [-0.15, -0.1) is 0 Å². The molecular formula is C16H26ClN3O. The van der Waals surface area contributed by atoms with Gasteiger partial charge in [0, 0.05) is 17.5 Å². The fourth-order valence-electron chi connectivity index (χ4n) is 2.05. The van der Waals surface area contributed by atoms with E-state index in [2.05, 4.69) is 38.0 Å². The Labute approximate surface area is 132 Å². The van der Waals surface area contributed by atoms with Gasteiger partial charge >= 0.3 is 0 Å². The van der Waals surface area contributed by atoms with Crippen molar-refractivity contribution in [2.45, 2.75) is 39.7 Å². The Morgan fingerprint density at radius 3 is 2.67 bits per heavy atom. The number of carbonyl (C=O) groups is 1. The molecule has 0 radical (unpaired) electrons. The maximum Gasteiger partial charge on any atom is 0.224 e. The van der Waals surface area contributed by atoms with Crippen LogP contribution < -0.4 is 11.1 Å². The second-order valence-electron chi connectivity index (χ2n) is 5.85. The molecule has 0 bridgehead atoms. The van der Waals surface area contributed by atoms with E-state index in [-0.39, 0.29) is 5.91 Å². The Bertz CT molecular complexity index is 477. The van der Waals surface area contributed by atoms with E-state index in [1.54, 1.807) is 18.2 Å². The maximum atomic E-state index is 11.9. The first-order chi connectivity index (χ1) is 9.81. The second kappa shape index (κ2) is 8.25. The average molecular weight is 312 g/mol. The minimum Gasteiger partial charge on any atom is -0.397 e. The van der Waals surface area contributed by atoms with Crippen molar-refractivity contribution in [2.75, 3.05) is 24.6 Å². The molecule has 0 aliphatic carbocycles.